The van der Waals surface area contributed by atoms with Crippen LogP contribution in [0.3, 0.4) is 0 Å². The zero-order valence-electron chi connectivity index (χ0n) is 10.6. The fourth-order valence-corrected chi connectivity index (χ4v) is 1.85. The largest absolute Gasteiger partial charge is 0.489 e. The lowest BCUT2D eigenvalue weighted by molar-refractivity contribution is 0.303. The molecule has 19 heavy (non-hydrogen) atoms. The Kier molecular flexibility index (Phi) is 4.61. The molecule has 1 aliphatic rings. The number of rotatable bonds is 5. The molecule has 3 nitrogen and oxygen atoms in total. The van der Waals surface area contributed by atoms with Gasteiger partial charge in [-0.05, 0) is 37.8 Å². The van der Waals surface area contributed by atoms with Crippen molar-refractivity contribution in [2.24, 2.45) is 9.98 Å². The van der Waals surface area contributed by atoms with Crippen LogP contribution in [0.5, 0.6) is 5.75 Å². The van der Waals surface area contributed by atoms with Crippen LogP contribution in [-0.4, -0.2) is 25.0 Å². The van der Waals surface area contributed by atoms with E-state index in [1.807, 2.05) is 12.1 Å². The van der Waals surface area contributed by atoms with Crippen molar-refractivity contribution in [3.63, 3.8) is 0 Å². The summed E-state index contributed by atoms with van der Waals surface area (Å²) in [5.41, 5.74) is 1.44. The average molecular weight is 297 g/mol. The highest BCUT2D eigenvalue weighted by Gasteiger charge is 2.24. The summed E-state index contributed by atoms with van der Waals surface area (Å²) in [6, 6.07) is 5.51. The molecule has 1 fully saturated rings. The summed E-state index contributed by atoms with van der Waals surface area (Å²) < 4.78 is 5.68. The van der Waals surface area contributed by atoms with E-state index in [1.54, 1.807) is 19.2 Å². The first kappa shape index (κ1) is 14.1. The number of benzene rings is 1. The fraction of sp³-hybridized carbons (Fsp3) is 0.286. The number of allylic oxidation sites excluding steroid dienone is 1. The van der Waals surface area contributed by atoms with Gasteiger partial charge in [0, 0.05) is 18.7 Å². The normalized spacial score (nSPS) is 16.4. The fourth-order valence-electron chi connectivity index (χ4n) is 1.52. The molecule has 2 rings (SSSR count). The SMILES string of the molecule is C=N/C(=C\C(Cl)=NC)c1ccc(OC2CC2)c(Cl)c1. The molecule has 1 saturated carbocycles. The number of aliphatic imine (C=N–C) groups is 2. The minimum Gasteiger partial charge on any atom is -0.489 e. The molecule has 5 heteroatoms. The van der Waals surface area contributed by atoms with Gasteiger partial charge in [-0.15, -0.1) is 0 Å². The van der Waals surface area contributed by atoms with E-state index in [0.717, 1.165) is 18.4 Å². The molecule has 0 radical (unpaired) electrons. The lowest BCUT2D eigenvalue weighted by Gasteiger charge is -2.08. The van der Waals surface area contributed by atoms with Crippen molar-refractivity contribution in [1.29, 1.82) is 0 Å². The standard InChI is InChI=1S/C14H14Cl2N2O/c1-17-12(8-14(16)18-2)9-3-6-13(11(15)7-9)19-10-4-5-10/h3,6-8,10H,1,4-5H2,2H3/b12-8-,18-14?. The van der Waals surface area contributed by atoms with Crippen LogP contribution < -0.4 is 4.74 Å². The lowest BCUT2D eigenvalue weighted by atomic mass is 10.1. The van der Waals surface area contributed by atoms with Gasteiger partial charge >= 0.3 is 0 Å². The Morgan fingerprint density at radius 3 is 2.74 bits per heavy atom. The minimum absolute atomic E-state index is 0.317. The predicted octanol–water partition coefficient (Wildman–Crippen LogP) is 4.19. The summed E-state index contributed by atoms with van der Waals surface area (Å²) in [5, 5.41) is 0.917. The molecule has 1 aromatic carbocycles. The van der Waals surface area contributed by atoms with E-state index in [4.69, 9.17) is 27.9 Å². The van der Waals surface area contributed by atoms with Crippen LogP contribution in [0, 0.1) is 0 Å². The topological polar surface area (TPSA) is 34.0 Å². The van der Waals surface area contributed by atoms with Gasteiger partial charge in [0.2, 0.25) is 0 Å². The third-order valence-electron chi connectivity index (χ3n) is 2.69. The smallest absolute Gasteiger partial charge is 0.138 e. The van der Waals surface area contributed by atoms with Crippen molar-refractivity contribution in [2.75, 3.05) is 7.05 Å². The first-order valence-electron chi connectivity index (χ1n) is 5.91. The molecule has 100 valence electrons. The van der Waals surface area contributed by atoms with E-state index in [9.17, 15) is 0 Å². The summed E-state index contributed by atoms with van der Waals surface area (Å²) in [6.07, 6.45) is 4.15. The number of hydrogen-bond donors (Lipinski definition) is 0. The van der Waals surface area contributed by atoms with E-state index in [1.165, 1.54) is 0 Å². The van der Waals surface area contributed by atoms with Crippen LogP contribution in [0.25, 0.3) is 5.70 Å². The van der Waals surface area contributed by atoms with Crippen molar-refractivity contribution in [3.05, 3.63) is 34.9 Å². The van der Waals surface area contributed by atoms with E-state index in [2.05, 4.69) is 16.7 Å². The molecule has 1 aliphatic carbocycles. The Hall–Kier alpha value is -1.32. The van der Waals surface area contributed by atoms with Crippen LogP contribution in [-0.2, 0) is 0 Å². The number of nitrogens with zero attached hydrogens (tertiary/aromatic N) is 2. The van der Waals surface area contributed by atoms with Gasteiger partial charge in [0.1, 0.15) is 10.9 Å². The molecule has 0 heterocycles. The van der Waals surface area contributed by atoms with Gasteiger partial charge < -0.3 is 4.74 Å². The molecule has 0 spiro atoms. The van der Waals surface area contributed by atoms with Gasteiger partial charge in [0.25, 0.3) is 0 Å². The summed E-state index contributed by atoms with van der Waals surface area (Å²) in [4.78, 5) is 7.79. The summed E-state index contributed by atoms with van der Waals surface area (Å²) in [5.74, 6) is 0.701. The Morgan fingerprint density at radius 2 is 2.21 bits per heavy atom. The van der Waals surface area contributed by atoms with Crippen LogP contribution in [0.2, 0.25) is 5.02 Å². The summed E-state index contributed by atoms with van der Waals surface area (Å²) in [7, 11) is 1.61. The Morgan fingerprint density at radius 1 is 1.47 bits per heavy atom. The number of ether oxygens (including phenoxy) is 1. The monoisotopic (exact) mass is 296 g/mol. The van der Waals surface area contributed by atoms with Gasteiger partial charge in [-0.25, -0.2) is 0 Å². The molecular formula is C14H14Cl2N2O. The maximum atomic E-state index is 6.20. The zero-order valence-corrected chi connectivity index (χ0v) is 12.1. The molecule has 1 aromatic rings. The predicted molar refractivity (Wildman–Crippen MR) is 81.8 cm³/mol. The van der Waals surface area contributed by atoms with E-state index >= 15 is 0 Å². The van der Waals surface area contributed by atoms with E-state index in [-0.39, 0.29) is 0 Å². The van der Waals surface area contributed by atoms with Crippen molar-refractivity contribution in [1.82, 2.24) is 0 Å². The molecule has 0 aromatic heterocycles. The number of hydrogen-bond acceptors (Lipinski definition) is 3. The highest BCUT2D eigenvalue weighted by Crippen LogP contribution is 2.33. The third-order valence-corrected chi connectivity index (χ3v) is 3.26. The summed E-state index contributed by atoms with van der Waals surface area (Å²) >= 11 is 12.1. The van der Waals surface area contributed by atoms with Gasteiger partial charge in [0.15, 0.2) is 0 Å². The molecule has 0 saturated heterocycles. The van der Waals surface area contributed by atoms with Crippen molar-refractivity contribution < 1.29 is 4.74 Å². The quantitative estimate of drug-likeness (QED) is 0.750. The zero-order chi connectivity index (χ0) is 13.8. The first-order chi connectivity index (χ1) is 9.13. The minimum atomic E-state index is 0.317. The Bertz CT molecular complexity index is 548. The second-order valence-corrected chi connectivity index (χ2v) is 4.99. The summed E-state index contributed by atoms with van der Waals surface area (Å²) in [6.45, 7) is 3.53. The van der Waals surface area contributed by atoms with Crippen molar-refractivity contribution in [2.45, 2.75) is 18.9 Å². The first-order valence-corrected chi connectivity index (χ1v) is 6.67. The maximum Gasteiger partial charge on any atom is 0.138 e. The molecule has 0 amide bonds. The average Bonchev–Trinajstić information content (AvgIpc) is 3.22. The van der Waals surface area contributed by atoms with E-state index < -0.39 is 0 Å². The highest BCUT2D eigenvalue weighted by molar-refractivity contribution is 6.68. The molecule has 0 atom stereocenters. The highest BCUT2D eigenvalue weighted by atomic mass is 35.5. The molecule has 0 aliphatic heterocycles. The van der Waals surface area contributed by atoms with Crippen molar-refractivity contribution in [3.8, 4) is 5.75 Å². The van der Waals surface area contributed by atoms with Crippen LogP contribution >= 0.6 is 23.2 Å². The second kappa shape index (κ2) is 6.22. The second-order valence-electron chi connectivity index (χ2n) is 4.20. The van der Waals surface area contributed by atoms with Gasteiger partial charge in [0.05, 0.1) is 16.8 Å². The van der Waals surface area contributed by atoms with E-state index in [0.29, 0.717) is 27.7 Å². The van der Waals surface area contributed by atoms with Gasteiger partial charge in [-0.3, -0.25) is 9.98 Å². The van der Waals surface area contributed by atoms with Crippen LogP contribution in [0.4, 0.5) is 0 Å². The molecule has 0 N–H and O–H groups in total. The third kappa shape index (κ3) is 3.82. The lowest BCUT2D eigenvalue weighted by Crippen LogP contribution is -1.97. The van der Waals surface area contributed by atoms with Crippen molar-refractivity contribution >= 4 is 40.8 Å². The Balaban J connectivity index is 2.26. The van der Waals surface area contributed by atoms with Crippen LogP contribution in [0.1, 0.15) is 18.4 Å². The molecular weight excluding hydrogens is 283 g/mol. The molecule has 0 unspecified atom stereocenters. The molecule has 0 bridgehead atoms. The Labute approximate surface area is 122 Å². The number of halogens is 2. The van der Waals surface area contributed by atoms with Crippen LogP contribution in [0.15, 0.2) is 34.3 Å². The van der Waals surface area contributed by atoms with Gasteiger partial charge in [-0.2, -0.15) is 0 Å². The van der Waals surface area contributed by atoms with Gasteiger partial charge in [-0.1, -0.05) is 23.2 Å². The maximum absolute atomic E-state index is 6.20.